The summed E-state index contributed by atoms with van der Waals surface area (Å²) in [6, 6.07) is 12.4. The van der Waals surface area contributed by atoms with Gasteiger partial charge in [-0.25, -0.2) is 0 Å². The highest BCUT2D eigenvalue weighted by Gasteiger charge is 2.46. The molecule has 27 heavy (non-hydrogen) atoms. The van der Waals surface area contributed by atoms with Crippen LogP contribution >= 0.6 is 0 Å². The Morgan fingerprint density at radius 2 is 1.93 bits per heavy atom. The van der Waals surface area contributed by atoms with E-state index in [9.17, 15) is 4.79 Å². The number of benzene rings is 1. The van der Waals surface area contributed by atoms with Gasteiger partial charge in [0.1, 0.15) is 5.75 Å². The quantitative estimate of drug-likeness (QED) is 0.790. The van der Waals surface area contributed by atoms with E-state index < -0.39 is 0 Å². The molecule has 2 atom stereocenters. The van der Waals surface area contributed by atoms with Crippen LogP contribution in [0.4, 0.5) is 0 Å². The highest BCUT2D eigenvalue weighted by atomic mass is 16.5. The third-order valence-electron chi connectivity index (χ3n) is 5.54. The topological polar surface area (TPSA) is 45.7 Å². The smallest absolute Gasteiger partial charge is 0.226 e. The number of ether oxygens (including phenoxy) is 1. The van der Waals surface area contributed by atoms with Crippen LogP contribution in [0.2, 0.25) is 0 Å². The lowest BCUT2D eigenvalue weighted by atomic mass is 10.1. The lowest BCUT2D eigenvalue weighted by Gasteiger charge is -2.35. The van der Waals surface area contributed by atoms with Crippen LogP contribution in [0.25, 0.3) is 0 Å². The molecule has 2 heterocycles. The average molecular weight is 365 g/mol. The van der Waals surface area contributed by atoms with Gasteiger partial charge in [0.2, 0.25) is 5.91 Å². The number of pyridine rings is 1. The van der Waals surface area contributed by atoms with Crippen molar-refractivity contribution >= 4 is 5.91 Å². The van der Waals surface area contributed by atoms with E-state index in [-0.39, 0.29) is 5.92 Å². The van der Waals surface area contributed by atoms with Crippen molar-refractivity contribution in [2.24, 2.45) is 5.92 Å². The molecule has 0 N–H and O–H groups in total. The van der Waals surface area contributed by atoms with Crippen molar-refractivity contribution in [3.8, 4) is 5.75 Å². The largest absolute Gasteiger partial charge is 0.494 e. The van der Waals surface area contributed by atoms with Crippen molar-refractivity contribution < 1.29 is 9.53 Å². The molecule has 5 heteroatoms. The molecule has 2 aliphatic rings. The van der Waals surface area contributed by atoms with Gasteiger partial charge in [-0.1, -0.05) is 18.2 Å². The first-order valence-electron chi connectivity index (χ1n) is 9.87. The Morgan fingerprint density at radius 1 is 1.15 bits per heavy atom. The van der Waals surface area contributed by atoms with E-state index in [2.05, 4.69) is 33.0 Å². The van der Waals surface area contributed by atoms with Gasteiger partial charge in [-0.2, -0.15) is 0 Å². The van der Waals surface area contributed by atoms with Gasteiger partial charge in [0, 0.05) is 51.0 Å². The van der Waals surface area contributed by atoms with Crippen LogP contribution in [0.15, 0.2) is 48.8 Å². The molecule has 1 aromatic carbocycles. The van der Waals surface area contributed by atoms with Crippen LogP contribution < -0.4 is 4.74 Å². The Bertz CT molecular complexity index is 755. The summed E-state index contributed by atoms with van der Waals surface area (Å²) in [4.78, 5) is 21.4. The average Bonchev–Trinajstić information content (AvgIpc) is 3.51. The van der Waals surface area contributed by atoms with E-state index in [1.54, 1.807) is 6.20 Å². The Morgan fingerprint density at radius 3 is 2.59 bits per heavy atom. The van der Waals surface area contributed by atoms with Crippen LogP contribution in [0.5, 0.6) is 5.75 Å². The second-order valence-electron chi connectivity index (χ2n) is 7.41. The maximum atomic E-state index is 12.8. The van der Waals surface area contributed by atoms with Crippen molar-refractivity contribution in [3.05, 3.63) is 59.9 Å². The van der Waals surface area contributed by atoms with Gasteiger partial charge in [-0.15, -0.1) is 0 Å². The highest BCUT2D eigenvalue weighted by Crippen LogP contribution is 2.48. The van der Waals surface area contributed by atoms with Crippen molar-refractivity contribution in [2.45, 2.75) is 25.8 Å². The monoisotopic (exact) mass is 365 g/mol. The molecule has 0 radical (unpaired) electrons. The summed E-state index contributed by atoms with van der Waals surface area (Å²) in [5.41, 5.74) is 2.49. The van der Waals surface area contributed by atoms with Gasteiger partial charge in [0.05, 0.1) is 6.61 Å². The molecule has 0 unspecified atom stereocenters. The molecule has 0 spiro atoms. The summed E-state index contributed by atoms with van der Waals surface area (Å²) in [5.74, 6) is 1.77. The van der Waals surface area contributed by atoms with Crippen molar-refractivity contribution in [1.82, 2.24) is 14.8 Å². The van der Waals surface area contributed by atoms with Gasteiger partial charge in [0.25, 0.3) is 0 Å². The zero-order valence-corrected chi connectivity index (χ0v) is 15.9. The van der Waals surface area contributed by atoms with E-state index in [0.29, 0.717) is 18.4 Å². The third-order valence-corrected chi connectivity index (χ3v) is 5.54. The standard InChI is InChI=1S/C22H27N3O2/c1-2-27-19-7-5-17(6-8-19)16-24-10-12-25(13-11-24)22(26)21-14-20(21)18-4-3-9-23-15-18/h3-9,15,20-21H,2,10-14,16H2,1H3/t20-,21-/m0/s1. The molecule has 2 fully saturated rings. The third kappa shape index (κ3) is 4.30. The Labute approximate surface area is 161 Å². The van der Waals surface area contributed by atoms with Gasteiger partial charge < -0.3 is 9.64 Å². The molecule has 5 nitrogen and oxygen atoms in total. The fourth-order valence-electron chi connectivity index (χ4n) is 3.91. The van der Waals surface area contributed by atoms with E-state index in [1.807, 2.05) is 31.3 Å². The number of hydrogen-bond acceptors (Lipinski definition) is 4. The van der Waals surface area contributed by atoms with E-state index in [0.717, 1.165) is 44.9 Å². The highest BCUT2D eigenvalue weighted by molar-refractivity contribution is 5.83. The lowest BCUT2D eigenvalue weighted by Crippen LogP contribution is -2.48. The minimum Gasteiger partial charge on any atom is -0.494 e. The van der Waals surface area contributed by atoms with Crippen molar-refractivity contribution in [1.29, 1.82) is 0 Å². The molecule has 0 bridgehead atoms. The number of nitrogens with zero attached hydrogens (tertiary/aromatic N) is 3. The maximum Gasteiger partial charge on any atom is 0.226 e. The second kappa shape index (κ2) is 8.09. The number of piperazine rings is 1. The first kappa shape index (κ1) is 18.0. The molecule has 2 aromatic rings. The maximum absolute atomic E-state index is 12.8. The van der Waals surface area contributed by atoms with E-state index in [4.69, 9.17) is 4.74 Å². The molecular weight excluding hydrogens is 338 g/mol. The molecule has 1 aliphatic heterocycles. The Hall–Kier alpha value is -2.40. The summed E-state index contributed by atoms with van der Waals surface area (Å²) in [6.07, 6.45) is 4.65. The first-order chi connectivity index (χ1) is 13.2. The van der Waals surface area contributed by atoms with Crippen LogP contribution in [0, 0.1) is 5.92 Å². The zero-order valence-electron chi connectivity index (χ0n) is 15.9. The molecule has 1 aromatic heterocycles. The molecule has 4 rings (SSSR count). The zero-order chi connectivity index (χ0) is 18.6. The summed E-state index contributed by atoms with van der Waals surface area (Å²) in [7, 11) is 0. The number of carbonyl (C=O) groups excluding carboxylic acids is 1. The number of hydrogen-bond donors (Lipinski definition) is 0. The number of rotatable bonds is 6. The summed E-state index contributed by atoms with van der Waals surface area (Å²) < 4.78 is 5.50. The molecular formula is C22H27N3O2. The van der Waals surface area contributed by atoms with E-state index in [1.165, 1.54) is 11.1 Å². The number of aromatic nitrogens is 1. The van der Waals surface area contributed by atoms with Crippen LogP contribution in [0.1, 0.15) is 30.4 Å². The first-order valence-corrected chi connectivity index (χ1v) is 9.87. The summed E-state index contributed by atoms with van der Waals surface area (Å²) in [5, 5.41) is 0. The molecule has 1 aliphatic carbocycles. The minimum atomic E-state index is 0.159. The molecule has 1 saturated carbocycles. The lowest BCUT2D eigenvalue weighted by molar-refractivity contribution is -0.134. The molecule has 1 saturated heterocycles. The van der Waals surface area contributed by atoms with E-state index >= 15 is 0 Å². The minimum absolute atomic E-state index is 0.159. The van der Waals surface area contributed by atoms with Gasteiger partial charge in [-0.3, -0.25) is 14.7 Å². The summed E-state index contributed by atoms with van der Waals surface area (Å²) in [6.45, 7) is 7.13. The number of carbonyl (C=O) groups is 1. The van der Waals surface area contributed by atoms with Crippen molar-refractivity contribution in [3.63, 3.8) is 0 Å². The normalized spacial score (nSPS) is 22.5. The van der Waals surface area contributed by atoms with Gasteiger partial charge in [0.15, 0.2) is 0 Å². The summed E-state index contributed by atoms with van der Waals surface area (Å²) >= 11 is 0. The van der Waals surface area contributed by atoms with Crippen molar-refractivity contribution in [2.75, 3.05) is 32.8 Å². The van der Waals surface area contributed by atoms with Crippen LogP contribution in [-0.2, 0) is 11.3 Å². The van der Waals surface area contributed by atoms with Crippen LogP contribution in [0.3, 0.4) is 0 Å². The van der Waals surface area contributed by atoms with Gasteiger partial charge >= 0.3 is 0 Å². The SMILES string of the molecule is CCOc1ccc(CN2CCN(C(=O)[C@H]3C[C@H]3c3cccnc3)CC2)cc1. The second-order valence-corrected chi connectivity index (χ2v) is 7.41. The Kier molecular flexibility index (Phi) is 5.39. The molecule has 142 valence electrons. The molecule has 1 amide bonds. The van der Waals surface area contributed by atoms with Crippen LogP contribution in [-0.4, -0.2) is 53.5 Å². The fraction of sp³-hybridized carbons (Fsp3) is 0.455. The predicted molar refractivity (Wildman–Crippen MR) is 105 cm³/mol. The number of amides is 1. The predicted octanol–water partition coefficient (Wildman–Crippen LogP) is 2.93. The fourth-order valence-corrected chi connectivity index (χ4v) is 3.91. The van der Waals surface area contributed by atoms with Gasteiger partial charge in [-0.05, 0) is 48.6 Å². The Balaban J connectivity index is 1.25.